The third kappa shape index (κ3) is 4.57. The van der Waals surface area contributed by atoms with E-state index in [4.69, 9.17) is 4.99 Å². The van der Waals surface area contributed by atoms with Crippen molar-refractivity contribution in [2.24, 2.45) is 12.0 Å². The molecule has 152 valence electrons. The lowest BCUT2D eigenvalue weighted by Crippen LogP contribution is -2.30. The Morgan fingerprint density at radius 3 is 2.33 bits per heavy atom. The number of para-hydroxylation sites is 1. The lowest BCUT2D eigenvalue weighted by molar-refractivity contribution is -0.122. The Morgan fingerprint density at radius 2 is 1.67 bits per heavy atom. The van der Waals surface area contributed by atoms with Crippen LogP contribution in [0.25, 0.3) is 6.08 Å². The number of aromatic nitrogens is 1. The first-order chi connectivity index (χ1) is 14.6. The first-order valence-electron chi connectivity index (χ1n) is 10.1. The Balaban J connectivity index is 1.58. The fraction of sp³-hybridized carbons (Fsp3) is 0.200. The zero-order chi connectivity index (χ0) is 20.9. The van der Waals surface area contributed by atoms with Crippen LogP contribution in [0.3, 0.4) is 0 Å². The van der Waals surface area contributed by atoms with E-state index in [0.717, 1.165) is 35.1 Å². The number of benzene rings is 2. The van der Waals surface area contributed by atoms with Crippen LogP contribution < -0.4 is 0 Å². The lowest BCUT2D eigenvalue weighted by Gasteiger charge is -2.15. The first-order valence-corrected chi connectivity index (χ1v) is 10.9. The number of thioether (sulfide) groups is 1. The average molecular weight is 416 g/mol. The smallest absolute Gasteiger partial charge is 0.266 e. The Bertz CT molecular complexity index is 1080. The third-order valence-electron chi connectivity index (χ3n) is 5.25. The normalized spacial score (nSPS) is 16.7. The van der Waals surface area contributed by atoms with Gasteiger partial charge in [-0.15, -0.1) is 0 Å². The Labute approximate surface area is 181 Å². The van der Waals surface area contributed by atoms with Crippen LogP contribution in [-0.4, -0.2) is 27.1 Å². The summed E-state index contributed by atoms with van der Waals surface area (Å²) in [6.45, 7) is 2.71. The Morgan fingerprint density at radius 1 is 0.967 bits per heavy atom. The van der Waals surface area contributed by atoms with E-state index in [1.807, 2.05) is 60.5 Å². The molecule has 1 fully saturated rings. The standard InChI is InChI=1S/C25H25N3OS/c1-19-15-16-22(27(19)2)18-23-24(29)28(17-9-12-20-10-5-3-6-11-20)25(30-23)26-21-13-7-4-8-14-21/h3-8,10-11,13-16,18H,9,12,17H2,1-2H3/b23-18-,26-25?. The van der Waals surface area contributed by atoms with Crippen molar-refractivity contribution in [3.05, 3.63) is 94.7 Å². The molecule has 1 saturated heterocycles. The van der Waals surface area contributed by atoms with Crippen molar-refractivity contribution in [1.29, 1.82) is 0 Å². The minimum absolute atomic E-state index is 0.0293. The van der Waals surface area contributed by atoms with Crippen molar-refractivity contribution in [1.82, 2.24) is 9.47 Å². The molecule has 2 heterocycles. The summed E-state index contributed by atoms with van der Waals surface area (Å²) >= 11 is 1.45. The molecule has 0 bridgehead atoms. The molecule has 0 saturated carbocycles. The van der Waals surface area contributed by atoms with Crippen LogP contribution in [0.5, 0.6) is 0 Å². The van der Waals surface area contributed by atoms with Gasteiger partial charge in [0.1, 0.15) is 0 Å². The maximum absolute atomic E-state index is 13.2. The molecule has 4 rings (SSSR count). The van der Waals surface area contributed by atoms with Crippen LogP contribution in [0.2, 0.25) is 0 Å². The minimum Gasteiger partial charge on any atom is -0.348 e. The number of hydrogen-bond donors (Lipinski definition) is 0. The molecular weight excluding hydrogens is 390 g/mol. The predicted octanol–water partition coefficient (Wildman–Crippen LogP) is 5.57. The van der Waals surface area contributed by atoms with Crippen LogP contribution in [0.1, 0.15) is 23.4 Å². The lowest BCUT2D eigenvalue weighted by atomic mass is 10.1. The second-order valence-corrected chi connectivity index (χ2v) is 8.35. The number of rotatable bonds is 6. The minimum atomic E-state index is 0.0293. The van der Waals surface area contributed by atoms with Crippen molar-refractivity contribution in [3.63, 3.8) is 0 Å². The van der Waals surface area contributed by atoms with Gasteiger partial charge in [0, 0.05) is 25.0 Å². The van der Waals surface area contributed by atoms with Crippen molar-refractivity contribution in [2.45, 2.75) is 19.8 Å². The van der Waals surface area contributed by atoms with Crippen molar-refractivity contribution in [3.8, 4) is 0 Å². The number of carbonyl (C=O) groups excluding carboxylic acids is 1. The van der Waals surface area contributed by atoms with E-state index < -0.39 is 0 Å². The first kappa shape index (κ1) is 20.2. The van der Waals surface area contributed by atoms with E-state index in [0.29, 0.717) is 11.4 Å². The molecule has 0 spiro atoms. The van der Waals surface area contributed by atoms with Crippen molar-refractivity contribution < 1.29 is 4.79 Å². The zero-order valence-electron chi connectivity index (χ0n) is 17.3. The van der Waals surface area contributed by atoms with Gasteiger partial charge in [-0.1, -0.05) is 48.5 Å². The van der Waals surface area contributed by atoms with Gasteiger partial charge in [0.15, 0.2) is 5.17 Å². The molecule has 0 atom stereocenters. The summed E-state index contributed by atoms with van der Waals surface area (Å²) in [6, 6.07) is 24.3. The predicted molar refractivity (Wildman–Crippen MR) is 126 cm³/mol. The van der Waals surface area contributed by atoms with Gasteiger partial charge in [0.05, 0.1) is 10.6 Å². The number of nitrogens with zero attached hydrogens (tertiary/aromatic N) is 3. The quantitative estimate of drug-likeness (QED) is 0.494. The molecule has 5 heteroatoms. The van der Waals surface area contributed by atoms with Gasteiger partial charge >= 0.3 is 0 Å². The summed E-state index contributed by atoms with van der Waals surface area (Å²) in [5.74, 6) is 0.0293. The Hall–Kier alpha value is -3.05. The van der Waals surface area contributed by atoms with Crippen molar-refractivity contribution in [2.75, 3.05) is 6.54 Å². The molecule has 0 unspecified atom stereocenters. The van der Waals surface area contributed by atoms with Crippen LogP contribution in [0.4, 0.5) is 5.69 Å². The van der Waals surface area contributed by atoms with E-state index in [-0.39, 0.29) is 5.91 Å². The van der Waals surface area contributed by atoms with Crippen LogP contribution in [0, 0.1) is 6.92 Å². The van der Waals surface area contributed by atoms with Crippen LogP contribution in [-0.2, 0) is 18.3 Å². The summed E-state index contributed by atoms with van der Waals surface area (Å²) in [5, 5.41) is 0.747. The Kier molecular flexibility index (Phi) is 6.19. The molecule has 3 aromatic rings. The fourth-order valence-corrected chi connectivity index (χ4v) is 4.41. The summed E-state index contributed by atoms with van der Waals surface area (Å²) in [7, 11) is 2.02. The van der Waals surface area contributed by atoms with Gasteiger partial charge in [-0.3, -0.25) is 9.69 Å². The monoisotopic (exact) mass is 415 g/mol. The molecule has 1 aliphatic heterocycles. The van der Waals surface area contributed by atoms with Crippen LogP contribution in [0.15, 0.2) is 82.7 Å². The summed E-state index contributed by atoms with van der Waals surface area (Å²) < 4.78 is 2.09. The van der Waals surface area contributed by atoms with E-state index >= 15 is 0 Å². The maximum Gasteiger partial charge on any atom is 0.266 e. The largest absolute Gasteiger partial charge is 0.348 e. The second-order valence-electron chi connectivity index (χ2n) is 7.35. The van der Waals surface area contributed by atoms with E-state index in [2.05, 4.69) is 41.8 Å². The molecule has 0 N–H and O–H groups in total. The summed E-state index contributed by atoms with van der Waals surface area (Å²) in [4.78, 5) is 20.5. The summed E-state index contributed by atoms with van der Waals surface area (Å²) in [5.41, 5.74) is 4.33. The van der Waals surface area contributed by atoms with E-state index in [9.17, 15) is 4.79 Å². The number of aliphatic imine (C=N–C) groups is 1. The van der Waals surface area contributed by atoms with Crippen LogP contribution >= 0.6 is 11.8 Å². The second kappa shape index (κ2) is 9.18. The molecule has 1 aromatic heterocycles. The zero-order valence-corrected chi connectivity index (χ0v) is 18.1. The van der Waals surface area contributed by atoms with Gasteiger partial charge in [0.25, 0.3) is 5.91 Å². The molecule has 2 aromatic carbocycles. The van der Waals surface area contributed by atoms with Crippen molar-refractivity contribution >= 4 is 34.6 Å². The maximum atomic E-state index is 13.2. The van der Waals surface area contributed by atoms with Gasteiger partial charge < -0.3 is 4.57 Å². The highest BCUT2D eigenvalue weighted by Crippen LogP contribution is 2.34. The van der Waals surface area contributed by atoms with Gasteiger partial charge in [-0.2, -0.15) is 0 Å². The molecule has 0 radical (unpaired) electrons. The topological polar surface area (TPSA) is 37.6 Å². The average Bonchev–Trinajstić information content (AvgIpc) is 3.23. The SMILES string of the molecule is Cc1ccc(/C=C2\SC(=Nc3ccccc3)N(CCCc3ccccc3)C2=O)n1C. The number of aryl methyl sites for hydroxylation is 2. The third-order valence-corrected chi connectivity index (χ3v) is 6.26. The van der Waals surface area contributed by atoms with Gasteiger partial charge in [-0.05, 0) is 67.4 Å². The van der Waals surface area contributed by atoms with E-state index in [1.54, 1.807) is 0 Å². The number of amides is 1. The molecule has 4 nitrogen and oxygen atoms in total. The molecule has 0 aliphatic carbocycles. The van der Waals surface area contributed by atoms with Gasteiger partial charge in [-0.25, -0.2) is 4.99 Å². The highest BCUT2D eigenvalue weighted by Gasteiger charge is 2.33. The molecule has 30 heavy (non-hydrogen) atoms. The fourth-order valence-electron chi connectivity index (χ4n) is 3.40. The number of hydrogen-bond acceptors (Lipinski definition) is 3. The molecular formula is C25H25N3OS. The number of amidine groups is 1. The number of carbonyl (C=O) groups is 1. The highest BCUT2D eigenvalue weighted by atomic mass is 32.2. The summed E-state index contributed by atoms with van der Waals surface area (Å²) in [6.07, 6.45) is 3.79. The highest BCUT2D eigenvalue weighted by molar-refractivity contribution is 8.18. The van der Waals surface area contributed by atoms with E-state index in [1.165, 1.54) is 17.3 Å². The molecule has 1 aliphatic rings. The molecule has 1 amide bonds. The van der Waals surface area contributed by atoms with Gasteiger partial charge in [0.2, 0.25) is 0 Å².